The van der Waals surface area contributed by atoms with Crippen LogP contribution in [0.2, 0.25) is 0 Å². The minimum Gasteiger partial charge on any atom is -0.326 e. The standard InChI is InChI=1S/C21H25N3O5/c25-19(22-18-12-10-16(11-13-18)15-20(26)23-28)9-5-2-6-14-29-24-21(27)17-7-3-1-4-8-17/h1,3-4,7-8,10-13,28H,2,5-6,9,14-15H2,(H,22,25)(H,23,26)(H,24,27). The van der Waals surface area contributed by atoms with Crippen LogP contribution in [-0.4, -0.2) is 29.5 Å². The van der Waals surface area contributed by atoms with E-state index < -0.39 is 5.91 Å². The van der Waals surface area contributed by atoms with Crippen LogP contribution in [0.15, 0.2) is 54.6 Å². The van der Waals surface area contributed by atoms with Crippen molar-refractivity contribution < 1.29 is 24.4 Å². The maximum atomic E-state index is 12.0. The predicted octanol–water partition coefficient (Wildman–Crippen LogP) is 2.59. The quantitative estimate of drug-likeness (QED) is 0.263. The first-order valence-corrected chi connectivity index (χ1v) is 9.37. The molecular formula is C21H25N3O5. The van der Waals surface area contributed by atoms with Gasteiger partial charge in [0.2, 0.25) is 11.8 Å². The Balaban J connectivity index is 1.54. The van der Waals surface area contributed by atoms with Crippen molar-refractivity contribution in [1.82, 2.24) is 11.0 Å². The molecule has 0 radical (unpaired) electrons. The van der Waals surface area contributed by atoms with Gasteiger partial charge < -0.3 is 5.32 Å². The highest BCUT2D eigenvalue weighted by atomic mass is 16.6. The molecule has 0 saturated heterocycles. The van der Waals surface area contributed by atoms with E-state index in [1.807, 2.05) is 6.07 Å². The maximum absolute atomic E-state index is 12.0. The highest BCUT2D eigenvalue weighted by molar-refractivity contribution is 5.93. The van der Waals surface area contributed by atoms with E-state index in [1.165, 1.54) is 0 Å². The highest BCUT2D eigenvalue weighted by Crippen LogP contribution is 2.11. The number of amides is 3. The Morgan fingerprint density at radius 1 is 0.862 bits per heavy atom. The molecule has 4 N–H and O–H groups in total. The van der Waals surface area contributed by atoms with Gasteiger partial charge in [-0.05, 0) is 42.7 Å². The van der Waals surface area contributed by atoms with Crippen LogP contribution in [0.4, 0.5) is 5.69 Å². The highest BCUT2D eigenvalue weighted by Gasteiger charge is 2.06. The van der Waals surface area contributed by atoms with Gasteiger partial charge in [0.25, 0.3) is 5.91 Å². The molecule has 2 aromatic rings. The van der Waals surface area contributed by atoms with Crippen LogP contribution in [0.5, 0.6) is 0 Å². The molecule has 0 aliphatic rings. The zero-order chi connectivity index (χ0) is 20.9. The molecule has 0 aromatic heterocycles. The third-order valence-corrected chi connectivity index (χ3v) is 4.08. The van der Waals surface area contributed by atoms with Crippen molar-refractivity contribution in [3.05, 3.63) is 65.7 Å². The molecule has 0 heterocycles. The van der Waals surface area contributed by atoms with Crippen LogP contribution in [0, 0.1) is 0 Å². The van der Waals surface area contributed by atoms with Gasteiger partial charge in [-0.15, -0.1) is 0 Å². The van der Waals surface area contributed by atoms with E-state index in [9.17, 15) is 14.4 Å². The van der Waals surface area contributed by atoms with E-state index >= 15 is 0 Å². The van der Waals surface area contributed by atoms with E-state index in [0.29, 0.717) is 30.7 Å². The van der Waals surface area contributed by atoms with Crippen molar-refractivity contribution in [2.75, 3.05) is 11.9 Å². The van der Waals surface area contributed by atoms with Crippen molar-refractivity contribution in [2.24, 2.45) is 0 Å². The molecule has 0 aliphatic carbocycles. The van der Waals surface area contributed by atoms with E-state index in [4.69, 9.17) is 10.0 Å². The first kappa shape index (κ1) is 22.1. The van der Waals surface area contributed by atoms with Crippen molar-refractivity contribution in [2.45, 2.75) is 32.1 Å². The lowest BCUT2D eigenvalue weighted by Crippen LogP contribution is -2.24. The molecule has 2 aromatic carbocycles. The number of rotatable bonds is 11. The molecule has 0 saturated carbocycles. The van der Waals surface area contributed by atoms with E-state index in [-0.39, 0.29) is 18.2 Å². The Labute approximate surface area is 169 Å². The summed E-state index contributed by atoms with van der Waals surface area (Å²) in [6.45, 7) is 0.378. The normalized spacial score (nSPS) is 10.2. The Bertz CT molecular complexity index is 794. The van der Waals surface area contributed by atoms with Crippen LogP contribution in [0.3, 0.4) is 0 Å². The van der Waals surface area contributed by atoms with Gasteiger partial charge in [0, 0.05) is 17.7 Å². The number of carbonyl (C=O) groups excluding carboxylic acids is 3. The molecular weight excluding hydrogens is 374 g/mol. The SMILES string of the molecule is O=C(Cc1ccc(NC(=O)CCCCCONC(=O)c2ccccc2)cc1)NO. The number of hydrogen-bond acceptors (Lipinski definition) is 5. The van der Waals surface area contributed by atoms with Crippen LogP contribution in [0.1, 0.15) is 41.6 Å². The molecule has 0 aliphatic heterocycles. The average molecular weight is 399 g/mol. The Morgan fingerprint density at radius 2 is 1.59 bits per heavy atom. The van der Waals surface area contributed by atoms with Crippen molar-refractivity contribution in [3.63, 3.8) is 0 Å². The van der Waals surface area contributed by atoms with Gasteiger partial charge in [0.15, 0.2) is 0 Å². The van der Waals surface area contributed by atoms with Crippen LogP contribution < -0.4 is 16.3 Å². The fraction of sp³-hybridized carbons (Fsp3) is 0.286. The first-order valence-electron chi connectivity index (χ1n) is 9.37. The van der Waals surface area contributed by atoms with E-state index in [1.54, 1.807) is 54.0 Å². The molecule has 3 amide bonds. The average Bonchev–Trinajstić information content (AvgIpc) is 2.74. The summed E-state index contributed by atoms with van der Waals surface area (Å²) in [6.07, 6.45) is 2.67. The number of hydroxylamine groups is 2. The molecule has 2 rings (SSSR count). The molecule has 0 unspecified atom stereocenters. The van der Waals surface area contributed by atoms with Gasteiger partial charge in [0.05, 0.1) is 13.0 Å². The van der Waals surface area contributed by atoms with E-state index in [0.717, 1.165) is 18.4 Å². The summed E-state index contributed by atoms with van der Waals surface area (Å²) in [5.41, 5.74) is 5.89. The zero-order valence-electron chi connectivity index (χ0n) is 16.0. The number of nitrogens with one attached hydrogen (secondary N) is 3. The number of benzene rings is 2. The molecule has 8 heteroatoms. The fourth-order valence-electron chi connectivity index (χ4n) is 2.56. The monoisotopic (exact) mass is 399 g/mol. The third kappa shape index (κ3) is 8.54. The van der Waals surface area contributed by atoms with Gasteiger partial charge in [-0.25, -0.2) is 11.0 Å². The lowest BCUT2D eigenvalue weighted by atomic mass is 10.1. The van der Waals surface area contributed by atoms with Crippen LogP contribution >= 0.6 is 0 Å². The third-order valence-electron chi connectivity index (χ3n) is 4.08. The number of hydrogen-bond donors (Lipinski definition) is 4. The number of carbonyl (C=O) groups is 3. The molecule has 8 nitrogen and oxygen atoms in total. The largest absolute Gasteiger partial charge is 0.326 e. The molecule has 0 spiro atoms. The van der Waals surface area contributed by atoms with E-state index in [2.05, 4.69) is 10.8 Å². The first-order chi connectivity index (χ1) is 14.1. The zero-order valence-corrected chi connectivity index (χ0v) is 16.0. The Kier molecular flexibility index (Phi) is 9.34. The lowest BCUT2D eigenvalue weighted by Gasteiger charge is -2.07. The Morgan fingerprint density at radius 3 is 2.28 bits per heavy atom. The molecule has 0 atom stereocenters. The smallest absolute Gasteiger partial charge is 0.274 e. The molecule has 154 valence electrons. The van der Waals surface area contributed by atoms with Crippen LogP contribution in [-0.2, 0) is 20.8 Å². The second-order valence-corrected chi connectivity index (χ2v) is 6.41. The summed E-state index contributed by atoms with van der Waals surface area (Å²) in [4.78, 5) is 40.0. The summed E-state index contributed by atoms with van der Waals surface area (Å²) >= 11 is 0. The second kappa shape index (κ2) is 12.3. The summed E-state index contributed by atoms with van der Waals surface area (Å²) < 4.78 is 0. The van der Waals surface area contributed by atoms with Crippen molar-refractivity contribution >= 4 is 23.4 Å². The van der Waals surface area contributed by atoms with Crippen LogP contribution in [0.25, 0.3) is 0 Å². The van der Waals surface area contributed by atoms with Gasteiger partial charge in [-0.3, -0.25) is 24.4 Å². The number of anilines is 1. The second-order valence-electron chi connectivity index (χ2n) is 6.41. The summed E-state index contributed by atoms with van der Waals surface area (Å²) in [7, 11) is 0. The minimum absolute atomic E-state index is 0.0681. The topological polar surface area (TPSA) is 117 Å². The van der Waals surface area contributed by atoms with Gasteiger partial charge in [-0.1, -0.05) is 36.8 Å². The summed E-state index contributed by atoms with van der Waals surface area (Å²) in [5, 5.41) is 11.3. The maximum Gasteiger partial charge on any atom is 0.274 e. The molecule has 0 bridgehead atoms. The van der Waals surface area contributed by atoms with Crippen molar-refractivity contribution in [3.8, 4) is 0 Å². The predicted molar refractivity (Wildman–Crippen MR) is 107 cm³/mol. The summed E-state index contributed by atoms with van der Waals surface area (Å²) in [6, 6.07) is 15.7. The fourth-order valence-corrected chi connectivity index (χ4v) is 2.56. The lowest BCUT2D eigenvalue weighted by molar-refractivity contribution is -0.128. The van der Waals surface area contributed by atoms with Gasteiger partial charge >= 0.3 is 0 Å². The van der Waals surface area contributed by atoms with Gasteiger partial charge in [-0.2, -0.15) is 0 Å². The molecule has 0 fully saturated rings. The summed E-state index contributed by atoms with van der Waals surface area (Å²) in [5.74, 6) is -0.873. The Hall–Kier alpha value is -3.23. The van der Waals surface area contributed by atoms with Crippen molar-refractivity contribution in [1.29, 1.82) is 0 Å². The minimum atomic E-state index is -0.495. The molecule has 29 heavy (non-hydrogen) atoms. The van der Waals surface area contributed by atoms with Gasteiger partial charge in [0.1, 0.15) is 0 Å². The number of unbranched alkanes of at least 4 members (excludes halogenated alkanes) is 2.